The number of rotatable bonds is 8. The average molecular weight is 437 g/mol. The quantitative estimate of drug-likeness (QED) is 0.421. The third-order valence-corrected chi connectivity index (χ3v) is 5.62. The SMILES string of the molecule is COCCn1c(-n2nc(C)cc2C)nc2c1c(=O)n(CCCc1ccccc1)c(=O)n2C. The molecule has 1 aromatic carbocycles. The predicted molar refractivity (Wildman–Crippen MR) is 122 cm³/mol. The number of methoxy groups -OCH3 is 1. The van der Waals surface area contributed by atoms with Gasteiger partial charge in [-0.1, -0.05) is 30.3 Å². The van der Waals surface area contributed by atoms with E-state index in [1.165, 1.54) is 14.7 Å². The molecule has 4 rings (SSSR count). The normalized spacial score (nSPS) is 11.5. The Morgan fingerprint density at radius 2 is 1.78 bits per heavy atom. The van der Waals surface area contributed by atoms with E-state index in [-0.39, 0.29) is 11.2 Å². The average Bonchev–Trinajstić information content (AvgIpc) is 3.32. The van der Waals surface area contributed by atoms with Crippen LogP contribution in [0.1, 0.15) is 23.4 Å². The molecule has 0 unspecified atom stereocenters. The van der Waals surface area contributed by atoms with Crippen molar-refractivity contribution in [1.29, 1.82) is 0 Å². The molecule has 0 atom stereocenters. The van der Waals surface area contributed by atoms with E-state index in [0.717, 1.165) is 17.8 Å². The van der Waals surface area contributed by atoms with Crippen molar-refractivity contribution in [3.63, 3.8) is 0 Å². The molecule has 3 aromatic heterocycles. The van der Waals surface area contributed by atoms with Gasteiger partial charge in [0.25, 0.3) is 5.56 Å². The maximum atomic E-state index is 13.5. The first-order chi connectivity index (χ1) is 15.4. The van der Waals surface area contributed by atoms with Gasteiger partial charge in [-0.2, -0.15) is 10.1 Å². The van der Waals surface area contributed by atoms with E-state index in [4.69, 9.17) is 4.74 Å². The monoisotopic (exact) mass is 436 g/mol. The van der Waals surface area contributed by atoms with Crippen LogP contribution in [0.15, 0.2) is 46.0 Å². The Hall–Kier alpha value is -3.46. The van der Waals surface area contributed by atoms with Crippen LogP contribution in [-0.2, 0) is 31.3 Å². The molecule has 9 nitrogen and oxygen atoms in total. The van der Waals surface area contributed by atoms with E-state index in [9.17, 15) is 9.59 Å². The lowest BCUT2D eigenvalue weighted by Gasteiger charge is -2.11. The van der Waals surface area contributed by atoms with Gasteiger partial charge in [-0.3, -0.25) is 13.9 Å². The zero-order valence-corrected chi connectivity index (χ0v) is 18.9. The molecule has 0 aliphatic rings. The molecule has 0 aliphatic carbocycles. The first-order valence-corrected chi connectivity index (χ1v) is 10.7. The van der Waals surface area contributed by atoms with Crippen LogP contribution in [0.4, 0.5) is 0 Å². The molecule has 0 bridgehead atoms. The fraction of sp³-hybridized carbons (Fsp3) is 0.391. The van der Waals surface area contributed by atoms with Gasteiger partial charge in [0.2, 0.25) is 5.95 Å². The molecule has 4 aromatic rings. The number of aromatic nitrogens is 6. The van der Waals surface area contributed by atoms with Crippen molar-refractivity contribution in [2.45, 2.75) is 39.8 Å². The summed E-state index contributed by atoms with van der Waals surface area (Å²) in [5.74, 6) is 0.497. The molecule has 0 spiro atoms. The smallest absolute Gasteiger partial charge is 0.332 e. The van der Waals surface area contributed by atoms with Crippen LogP contribution in [0.5, 0.6) is 0 Å². The minimum atomic E-state index is -0.369. The van der Waals surface area contributed by atoms with Gasteiger partial charge in [-0.25, -0.2) is 9.48 Å². The molecule has 0 fully saturated rings. The minimum Gasteiger partial charge on any atom is -0.383 e. The number of nitrogens with zero attached hydrogens (tertiary/aromatic N) is 6. The number of benzene rings is 1. The van der Waals surface area contributed by atoms with E-state index in [0.29, 0.717) is 43.2 Å². The Balaban J connectivity index is 1.82. The summed E-state index contributed by atoms with van der Waals surface area (Å²) in [5.41, 5.74) is 2.93. The summed E-state index contributed by atoms with van der Waals surface area (Å²) < 4.78 is 11.5. The first kappa shape index (κ1) is 21.8. The van der Waals surface area contributed by atoms with Crippen LogP contribution in [0.25, 0.3) is 17.1 Å². The standard InChI is InChI=1S/C23H28N6O3/c1-16-15-17(2)29(25-16)22-24-20-19(27(22)13-14-32-4)21(30)28(23(31)26(20)3)12-8-11-18-9-6-5-7-10-18/h5-7,9-10,15H,8,11-14H2,1-4H3. The maximum absolute atomic E-state index is 13.5. The molecular formula is C23H28N6O3. The van der Waals surface area contributed by atoms with E-state index in [1.54, 1.807) is 23.4 Å². The summed E-state index contributed by atoms with van der Waals surface area (Å²) in [6.07, 6.45) is 1.47. The van der Waals surface area contributed by atoms with Crippen LogP contribution >= 0.6 is 0 Å². The van der Waals surface area contributed by atoms with Crippen molar-refractivity contribution in [2.24, 2.45) is 7.05 Å². The number of hydrogen-bond acceptors (Lipinski definition) is 5. The van der Waals surface area contributed by atoms with E-state index in [1.807, 2.05) is 50.2 Å². The maximum Gasteiger partial charge on any atom is 0.332 e. The van der Waals surface area contributed by atoms with Crippen LogP contribution in [0.2, 0.25) is 0 Å². The lowest BCUT2D eigenvalue weighted by atomic mass is 10.1. The van der Waals surface area contributed by atoms with Gasteiger partial charge < -0.3 is 9.30 Å². The van der Waals surface area contributed by atoms with E-state index >= 15 is 0 Å². The Morgan fingerprint density at radius 1 is 1.03 bits per heavy atom. The van der Waals surface area contributed by atoms with Crippen molar-refractivity contribution in [2.75, 3.05) is 13.7 Å². The Kier molecular flexibility index (Phi) is 6.09. The second kappa shape index (κ2) is 8.96. The third kappa shape index (κ3) is 3.91. The second-order valence-electron chi connectivity index (χ2n) is 7.95. The van der Waals surface area contributed by atoms with Crippen molar-refractivity contribution in [1.82, 2.24) is 28.5 Å². The Bertz CT molecular complexity index is 1360. The van der Waals surface area contributed by atoms with Gasteiger partial charge in [-0.15, -0.1) is 0 Å². The highest BCUT2D eigenvalue weighted by Gasteiger charge is 2.22. The molecule has 9 heteroatoms. The molecule has 0 N–H and O–H groups in total. The molecule has 168 valence electrons. The molecule has 0 aliphatic heterocycles. The topological polar surface area (TPSA) is 88.9 Å². The zero-order chi connectivity index (χ0) is 22.8. The summed E-state index contributed by atoms with van der Waals surface area (Å²) in [6.45, 7) is 4.98. The number of fused-ring (bicyclic) bond motifs is 1. The Morgan fingerprint density at radius 3 is 2.44 bits per heavy atom. The molecule has 0 radical (unpaired) electrons. The highest BCUT2D eigenvalue weighted by atomic mass is 16.5. The fourth-order valence-electron chi connectivity index (χ4n) is 4.03. The highest BCUT2D eigenvalue weighted by molar-refractivity contribution is 5.72. The van der Waals surface area contributed by atoms with E-state index in [2.05, 4.69) is 10.1 Å². The molecule has 32 heavy (non-hydrogen) atoms. The van der Waals surface area contributed by atoms with Gasteiger partial charge in [0, 0.05) is 32.9 Å². The van der Waals surface area contributed by atoms with Gasteiger partial charge in [0.1, 0.15) is 0 Å². The summed E-state index contributed by atoms with van der Waals surface area (Å²) in [6, 6.07) is 12.0. The fourth-order valence-corrected chi connectivity index (χ4v) is 4.03. The molecule has 0 saturated heterocycles. The summed E-state index contributed by atoms with van der Waals surface area (Å²) in [4.78, 5) is 31.2. The molecule has 0 amide bonds. The number of hydrogen-bond donors (Lipinski definition) is 0. The van der Waals surface area contributed by atoms with Gasteiger partial charge in [0.15, 0.2) is 11.2 Å². The number of imidazole rings is 1. The summed E-state index contributed by atoms with van der Waals surface area (Å²) >= 11 is 0. The molecular weight excluding hydrogens is 408 g/mol. The lowest BCUT2D eigenvalue weighted by molar-refractivity contribution is 0.188. The second-order valence-corrected chi connectivity index (χ2v) is 7.95. The summed E-state index contributed by atoms with van der Waals surface area (Å²) in [5, 5.41) is 4.53. The Labute approximate surface area is 185 Å². The van der Waals surface area contributed by atoms with Crippen LogP contribution < -0.4 is 11.2 Å². The lowest BCUT2D eigenvalue weighted by Crippen LogP contribution is -2.40. The number of aryl methyl sites for hydroxylation is 4. The van der Waals surface area contributed by atoms with Crippen molar-refractivity contribution in [3.05, 3.63) is 74.2 Å². The van der Waals surface area contributed by atoms with Gasteiger partial charge >= 0.3 is 5.69 Å². The largest absolute Gasteiger partial charge is 0.383 e. The highest BCUT2D eigenvalue weighted by Crippen LogP contribution is 2.17. The van der Waals surface area contributed by atoms with Crippen molar-refractivity contribution >= 4 is 11.2 Å². The van der Waals surface area contributed by atoms with Crippen LogP contribution in [0.3, 0.4) is 0 Å². The predicted octanol–water partition coefficient (Wildman–Crippen LogP) is 1.98. The van der Waals surface area contributed by atoms with E-state index < -0.39 is 0 Å². The molecule has 0 saturated carbocycles. The first-order valence-electron chi connectivity index (χ1n) is 10.7. The molecule has 3 heterocycles. The van der Waals surface area contributed by atoms with Crippen LogP contribution in [0, 0.1) is 13.8 Å². The third-order valence-electron chi connectivity index (χ3n) is 5.62. The zero-order valence-electron chi connectivity index (χ0n) is 18.9. The van der Waals surface area contributed by atoms with Crippen LogP contribution in [-0.4, -0.2) is 42.2 Å². The van der Waals surface area contributed by atoms with Crippen molar-refractivity contribution in [3.8, 4) is 5.95 Å². The van der Waals surface area contributed by atoms with Gasteiger partial charge in [0.05, 0.1) is 12.3 Å². The number of ether oxygens (including phenoxy) is 1. The van der Waals surface area contributed by atoms with Gasteiger partial charge in [-0.05, 0) is 38.3 Å². The van der Waals surface area contributed by atoms with Crippen molar-refractivity contribution < 1.29 is 4.74 Å². The minimum absolute atomic E-state index is 0.334. The summed E-state index contributed by atoms with van der Waals surface area (Å²) in [7, 11) is 3.26.